The number of H-pyrrole nitrogens is 1. The van der Waals surface area contributed by atoms with Crippen molar-refractivity contribution >= 4 is 45.8 Å². The maximum absolute atomic E-state index is 14.4. The van der Waals surface area contributed by atoms with Crippen molar-refractivity contribution in [2.24, 2.45) is 4.99 Å². The van der Waals surface area contributed by atoms with Crippen LogP contribution in [-0.2, 0) is 4.79 Å². The van der Waals surface area contributed by atoms with E-state index in [1.165, 1.54) is 11.3 Å². The number of hydrogen-bond donors (Lipinski definition) is 1. The largest absolute Gasteiger partial charge is 0.497 e. The van der Waals surface area contributed by atoms with Gasteiger partial charge in [0.05, 0.1) is 34.6 Å². The van der Waals surface area contributed by atoms with E-state index in [2.05, 4.69) is 4.98 Å². The molecular weight excluding hydrogens is 580 g/mol. The molecule has 0 spiro atoms. The molecule has 3 heterocycles. The summed E-state index contributed by atoms with van der Waals surface area (Å²) in [4.78, 5) is 38.9. The molecule has 1 aliphatic rings. The normalized spacial score (nSPS) is 15.0. The summed E-state index contributed by atoms with van der Waals surface area (Å²) < 4.78 is 7.70. The van der Waals surface area contributed by atoms with Crippen molar-refractivity contribution in [1.82, 2.24) is 14.5 Å². The van der Waals surface area contributed by atoms with E-state index in [1.807, 2.05) is 87.5 Å². The lowest BCUT2D eigenvalue weighted by atomic mass is 9.94. The fourth-order valence-electron chi connectivity index (χ4n) is 5.67. The molecular formula is C34H31ClN4O3S. The fourth-order valence-corrected chi connectivity index (χ4v) is 6.82. The molecule has 1 atom stereocenters. The van der Waals surface area contributed by atoms with Crippen LogP contribution in [0.3, 0.4) is 0 Å². The van der Waals surface area contributed by atoms with Crippen LogP contribution in [0.15, 0.2) is 93.9 Å². The standard InChI is InChI=1S/C34H31ClN4O3S/c1-5-38(6-2)33(41)29-20(3)36-34-39(31(29)22-12-14-23(35)15-13-22)32(40)28(43-34)19-26-25-18-24(42-4)16-17-27(25)37-30(26)21-10-8-7-9-11-21/h7-19,31,37H,5-6H2,1-4H3/b28-19+/t31-/m0/s1. The molecule has 0 unspecified atom stereocenters. The monoisotopic (exact) mass is 610 g/mol. The molecule has 1 N–H and O–H groups in total. The van der Waals surface area contributed by atoms with Crippen molar-refractivity contribution in [2.75, 3.05) is 20.2 Å². The van der Waals surface area contributed by atoms with E-state index >= 15 is 0 Å². The number of aromatic amines is 1. The molecule has 6 rings (SSSR count). The first-order valence-corrected chi connectivity index (χ1v) is 15.4. The lowest BCUT2D eigenvalue weighted by molar-refractivity contribution is -0.127. The van der Waals surface area contributed by atoms with E-state index in [9.17, 15) is 9.59 Å². The number of carbonyl (C=O) groups excluding carboxylic acids is 1. The third kappa shape index (κ3) is 5.11. The first-order valence-electron chi connectivity index (χ1n) is 14.2. The Morgan fingerprint density at radius 2 is 1.81 bits per heavy atom. The van der Waals surface area contributed by atoms with Gasteiger partial charge in [-0.1, -0.05) is 65.4 Å². The van der Waals surface area contributed by atoms with Crippen LogP contribution in [0, 0.1) is 0 Å². The number of carbonyl (C=O) groups is 1. The third-order valence-corrected chi connectivity index (χ3v) is 9.11. The van der Waals surface area contributed by atoms with Gasteiger partial charge in [0.25, 0.3) is 11.5 Å². The minimum absolute atomic E-state index is 0.129. The molecule has 7 nitrogen and oxygen atoms in total. The SMILES string of the molecule is CCN(CC)C(=O)C1=C(C)N=c2s/c(=C/c3c(-c4ccccc4)[nH]c4ccc(OC)cc34)c(=O)n2[C@H]1c1ccc(Cl)cc1. The van der Waals surface area contributed by atoms with Crippen molar-refractivity contribution in [3.05, 3.63) is 120 Å². The maximum Gasteiger partial charge on any atom is 0.271 e. The molecule has 5 aromatic rings. The molecule has 0 aliphatic carbocycles. The van der Waals surface area contributed by atoms with Crippen LogP contribution in [0.5, 0.6) is 5.75 Å². The van der Waals surface area contributed by atoms with Gasteiger partial charge in [-0.2, -0.15) is 0 Å². The van der Waals surface area contributed by atoms with Gasteiger partial charge in [0.2, 0.25) is 0 Å². The van der Waals surface area contributed by atoms with Gasteiger partial charge in [0, 0.05) is 34.6 Å². The second kappa shape index (κ2) is 11.7. The van der Waals surface area contributed by atoms with Gasteiger partial charge in [-0.05, 0) is 68.3 Å². The van der Waals surface area contributed by atoms with Crippen LogP contribution in [-0.4, -0.2) is 40.6 Å². The first kappa shape index (κ1) is 28.7. The van der Waals surface area contributed by atoms with E-state index in [0.29, 0.717) is 38.7 Å². The number of halogens is 1. The van der Waals surface area contributed by atoms with E-state index in [-0.39, 0.29) is 11.5 Å². The summed E-state index contributed by atoms with van der Waals surface area (Å²) in [6.45, 7) is 6.84. The molecule has 2 aromatic heterocycles. The van der Waals surface area contributed by atoms with Crippen molar-refractivity contribution in [3.8, 4) is 17.0 Å². The zero-order chi connectivity index (χ0) is 30.2. The number of hydrogen-bond acceptors (Lipinski definition) is 5. The van der Waals surface area contributed by atoms with E-state index in [0.717, 1.165) is 39.0 Å². The second-order valence-corrected chi connectivity index (χ2v) is 11.7. The summed E-state index contributed by atoms with van der Waals surface area (Å²) in [6, 6.07) is 22.6. The number of fused-ring (bicyclic) bond motifs is 2. The summed E-state index contributed by atoms with van der Waals surface area (Å²) in [5, 5.41) is 1.52. The number of nitrogens with zero attached hydrogens (tertiary/aromatic N) is 3. The van der Waals surface area contributed by atoms with E-state index in [4.69, 9.17) is 21.3 Å². The number of ether oxygens (including phenoxy) is 1. The van der Waals surface area contributed by atoms with Crippen molar-refractivity contribution in [2.45, 2.75) is 26.8 Å². The van der Waals surface area contributed by atoms with Crippen LogP contribution in [0.25, 0.3) is 28.2 Å². The van der Waals surface area contributed by atoms with Gasteiger partial charge in [-0.15, -0.1) is 0 Å². The molecule has 43 heavy (non-hydrogen) atoms. The van der Waals surface area contributed by atoms with Gasteiger partial charge in [0.15, 0.2) is 4.80 Å². The predicted molar refractivity (Wildman–Crippen MR) is 173 cm³/mol. The van der Waals surface area contributed by atoms with Crippen LogP contribution in [0.2, 0.25) is 5.02 Å². The smallest absolute Gasteiger partial charge is 0.271 e. The number of rotatable bonds is 7. The molecule has 218 valence electrons. The molecule has 0 saturated carbocycles. The Hall–Kier alpha value is -4.40. The number of aromatic nitrogens is 2. The Labute approximate surface area is 258 Å². The van der Waals surface area contributed by atoms with Crippen LogP contribution >= 0.6 is 22.9 Å². The second-order valence-electron chi connectivity index (χ2n) is 10.3. The summed E-state index contributed by atoms with van der Waals surface area (Å²) in [5.41, 5.74) is 5.39. The Morgan fingerprint density at radius 1 is 1.09 bits per heavy atom. The highest BCUT2D eigenvalue weighted by Gasteiger charge is 2.34. The number of nitrogens with one attached hydrogen (secondary N) is 1. The molecule has 3 aromatic carbocycles. The average Bonchev–Trinajstić information content (AvgIpc) is 3.54. The van der Waals surface area contributed by atoms with Gasteiger partial charge in [0.1, 0.15) is 5.75 Å². The average molecular weight is 611 g/mol. The summed E-state index contributed by atoms with van der Waals surface area (Å²) in [6.07, 6.45) is 1.93. The third-order valence-electron chi connectivity index (χ3n) is 7.87. The minimum Gasteiger partial charge on any atom is -0.497 e. The Balaban J connectivity index is 1.61. The lowest BCUT2D eigenvalue weighted by Gasteiger charge is -2.29. The maximum atomic E-state index is 14.4. The van der Waals surface area contributed by atoms with Gasteiger partial charge in [-0.25, -0.2) is 4.99 Å². The Morgan fingerprint density at radius 3 is 2.49 bits per heavy atom. The van der Waals surface area contributed by atoms with Crippen LogP contribution in [0.1, 0.15) is 37.9 Å². The van der Waals surface area contributed by atoms with Crippen molar-refractivity contribution in [1.29, 1.82) is 0 Å². The molecule has 1 aliphatic heterocycles. The van der Waals surface area contributed by atoms with Crippen molar-refractivity contribution < 1.29 is 9.53 Å². The molecule has 0 radical (unpaired) electrons. The number of amides is 1. The number of methoxy groups -OCH3 is 1. The quantitative estimate of drug-likeness (QED) is 0.249. The van der Waals surface area contributed by atoms with Crippen LogP contribution < -0.4 is 19.6 Å². The molecule has 0 bridgehead atoms. The fraction of sp³-hybridized carbons (Fsp3) is 0.206. The predicted octanol–water partition coefficient (Wildman–Crippen LogP) is 5.91. The van der Waals surface area contributed by atoms with Gasteiger partial charge >= 0.3 is 0 Å². The zero-order valence-corrected chi connectivity index (χ0v) is 25.9. The first-order chi connectivity index (χ1) is 20.8. The molecule has 9 heteroatoms. The number of likely N-dealkylation sites (N-methyl/N-ethyl adjacent to an activating group) is 1. The topological polar surface area (TPSA) is 79.7 Å². The highest BCUT2D eigenvalue weighted by Crippen LogP contribution is 2.34. The van der Waals surface area contributed by atoms with Gasteiger partial charge in [-0.3, -0.25) is 14.2 Å². The van der Waals surface area contributed by atoms with E-state index in [1.54, 1.807) is 28.7 Å². The minimum atomic E-state index is -0.638. The number of thiazole rings is 1. The molecule has 1 amide bonds. The lowest BCUT2D eigenvalue weighted by Crippen LogP contribution is -2.43. The van der Waals surface area contributed by atoms with Crippen LogP contribution in [0.4, 0.5) is 0 Å². The Bertz CT molecular complexity index is 2050. The summed E-state index contributed by atoms with van der Waals surface area (Å²) in [5.74, 6) is 0.593. The number of allylic oxidation sites excluding steroid dienone is 1. The Kier molecular flexibility index (Phi) is 7.81. The summed E-state index contributed by atoms with van der Waals surface area (Å²) >= 11 is 7.55. The highest BCUT2D eigenvalue weighted by molar-refractivity contribution is 7.07. The summed E-state index contributed by atoms with van der Waals surface area (Å²) in [7, 11) is 1.64. The molecule has 0 saturated heterocycles. The van der Waals surface area contributed by atoms with Crippen molar-refractivity contribution in [3.63, 3.8) is 0 Å². The molecule has 0 fully saturated rings. The highest BCUT2D eigenvalue weighted by atomic mass is 35.5. The zero-order valence-electron chi connectivity index (χ0n) is 24.3. The van der Waals surface area contributed by atoms with E-state index < -0.39 is 6.04 Å². The van der Waals surface area contributed by atoms with Gasteiger partial charge < -0.3 is 14.6 Å². The number of benzene rings is 3.